The molecular formula is C11H16N3O2. The molecule has 1 rings (SSSR count). The van der Waals surface area contributed by atoms with E-state index in [2.05, 4.69) is 10.7 Å². The van der Waals surface area contributed by atoms with Gasteiger partial charge in [-0.3, -0.25) is 5.43 Å². The maximum Gasteiger partial charge on any atom is 0.333 e. The molecule has 0 bridgehead atoms. The predicted octanol–water partition coefficient (Wildman–Crippen LogP) is 1.26. The standard InChI is InChI=1S/C11H16N3O2/c1-14(2)13-11(16)12-10-5-3-9(4-6-10)7-8-15/h3-6H,7-8H2,1-2H3,(H2,12,13,16). The van der Waals surface area contributed by atoms with E-state index in [1.807, 2.05) is 12.1 Å². The molecule has 0 aliphatic heterocycles. The van der Waals surface area contributed by atoms with Crippen molar-refractivity contribution < 1.29 is 9.90 Å². The molecule has 2 amide bonds. The van der Waals surface area contributed by atoms with Gasteiger partial charge in [0, 0.05) is 19.8 Å². The van der Waals surface area contributed by atoms with Crippen LogP contribution in [0, 0.1) is 0 Å². The Labute approximate surface area is 95.0 Å². The van der Waals surface area contributed by atoms with Crippen LogP contribution in [0.3, 0.4) is 0 Å². The maximum atomic E-state index is 11.3. The molecule has 1 aromatic rings. The molecule has 0 heterocycles. The van der Waals surface area contributed by atoms with Crippen molar-refractivity contribution in [3.05, 3.63) is 29.8 Å². The van der Waals surface area contributed by atoms with Crippen LogP contribution in [0.5, 0.6) is 0 Å². The highest BCUT2D eigenvalue weighted by Gasteiger charge is 2.01. The SMILES string of the molecule is CN(C)NC(=O)Nc1ccc(CC[O])cc1. The van der Waals surface area contributed by atoms with E-state index in [0.717, 1.165) is 5.56 Å². The second-order valence-electron chi connectivity index (χ2n) is 3.61. The number of carbonyl (C=O) groups is 1. The Morgan fingerprint density at radius 3 is 2.38 bits per heavy atom. The van der Waals surface area contributed by atoms with Crippen LogP contribution in [0.4, 0.5) is 10.5 Å². The van der Waals surface area contributed by atoms with E-state index in [4.69, 9.17) is 0 Å². The first-order valence-electron chi connectivity index (χ1n) is 5.04. The van der Waals surface area contributed by atoms with Crippen LogP contribution in [-0.2, 0) is 11.5 Å². The van der Waals surface area contributed by atoms with E-state index in [0.29, 0.717) is 12.1 Å². The number of carbonyl (C=O) groups excluding carboxylic acids is 1. The van der Waals surface area contributed by atoms with Crippen LogP contribution in [0.1, 0.15) is 5.56 Å². The van der Waals surface area contributed by atoms with Crippen molar-refractivity contribution >= 4 is 11.7 Å². The third-order valence-corrected chi connectivity index (χ3v) is 1.93. The molecule has 0 atom stereocenters. The van der Waals surface area contributed by atoms with Crippen LogP contribution in [0.2, 0.25) is 0 Å². The summed E-state index contributed by atoms with van der Waals surface area (Å²) in [7, 11) is 3.47. The largest absolute Gasteiger partial charge is 0.333 e. The molecule has 0 unspecified atom stereocenters. The summed E-state index contributed by atoms with van der Waals surface area (Å²) in [5.41, 5.74) is 4.25. The van der Waals surface area contributed by atoms with Crippen molar-refractivity contribution in [3.8, 4) is 0 Å². The Kier molecular flexibility index (Phi) is 4.75. The zero-order valence-electron chi connectivity index (χ0n) is 9.49. The molecule has 1 radical (unpaired) electrons. The zero-order valence-corrected chi connectivity index (χ0v) is 9.49. The minimum absolute atomic E-state index is 0.117. The minimum Gasteiger partial charge on any atom is -0.307 e. The maximum absolute atomic E-state index is 11.3. The van der Waals surface area contributed by atoms with E-state index in [-0.39, 0.29) is 12.6 Å². The average Bonchev–Trinajstić information content (AvgIpc) is 2.20. The number of benzene rings is 1. The Bertz CT molecular complexity index is 336. The van der Waals surface area contributed by atoms with E-state index < -0.39 is 0 Å². The summed E-state index contributed by atoms with van der Waals surface area (Å²) < 4.78 is 0. The lowest BCUT2D eigenvalue weighted by Crippen LogP contribution is -2.39. The third-order valence-electron chi connectivity index (χ3n) is 1.93. The van der Waals surface area contributed by atoms with Gasteiger partial charge in [-0.1, -0.05) is 12.1 Å². The molecule has 16 heavy (non-hydrogen) atoms. The minimum atomic E-state index is -0.290. The van der Waals surface area contributed by atoms with Gasteiger partial charge in [0.1, 0.15) is 0 Å². The van der Waals surface area contributed by atoms with Gasteiger partial charge in [-0.05, 0) is 24.1 Å². The quantitative estimate of drug-likeness (QED) is 0.753. The summed E-state index contributed by atoms with van der Waals surface area (Å²) in [6.45, 7) is -0.117. The molecule has 5 heteroatoms. The zero-order chi connectivity index (χ0) is 12.0. The first-order chi connectivity index (χ1) is 7.61. The Hall–Kier alpha value is -1.59. The van der Waals surface area contributed by atoms with E-state index >= 15 is 0 Å². The number of amides is 2. The smallest absolute Gasteiger partial charge is 0.307 e. The van der Waals surface area contributed by atoms with Crippen molar-refractivity contribution in [1.29, 1.82) is 0 Å². The molecule has 0 spiro atoms. The summed E-state index contributed by atoms with van der Waals surface area (Å²) in [6.07, 6.45) is 0.518. The number of urea groups is 1. The van der Waals surface area contributed by atoms with Crippen LogP contribution >= 0.6 is 0 Å². The Morgan fingerprint density at radius 1 is 1.25 bits per heavy atom. The van der Waals surface area contributed by atoms with Gasteiger partial charge in [0.25, 0.3) is 0 Å². The van der Waals surface area contributed by atoms with E-state index in [9.17, 15) is 9.90 Å². The summed E-state index contributed by atoms with van der Waals surface area (Å²) in [5.74, 6) is 0. The second kappa shape index (κ2) is 6.09. The lowest BCUT2D eigenvalue weighted by atomic mass is 10.1. The van der Waals surface area contributed by atoms with Gasteiger partial charge in [-0.2, -0.15) is 0 Å². The molecule has 0 aliphatic carbocycles. The highest BCUT2D eigenvalue weighted by Crippen LogP contribution is 2.09. The number of nitrogens with one attached hydrogen (secondary N) is 2. The lowest BCUT2D eigenvalue weighted by Gasteiger charge is -2.12. The van der Waals surface area contributed by atoms with Gasteiger partial charge in [0.05, 0.1) is 6.61 Å². The van der Waals surface area contributed by atoms with Crippen molar-refractivity contribution in [2.45, 2.75) is 6.42 Å². The Morgan fingerprint density at radius 2 is 1.88 bits per heavy atom. The predicted molar refractivity (Wildman–Crippen MR) is 61.5 cm³/mol. The monoisotopic (exact) mass is 222 g/mol. The number of nitrogens with zero attached hydrogens (tertiary/aromatic N) is 1. The molecule has 0 saturated carbocycles. The molecule has 5 nitrogen and oxygen atoms in total. The van der Waals surface area contributed by atoms with Gasteiger partial charge >= 0.3 is 6.03 Å². The highest BCUT2D eigenvalue weighted by molar-refractivity contribution is 5.88. The molecule has 0 saturated heterocycles. The normalized spacial score (nSPS) is 10.2. The van der Waals surface area contributed by atoms with E-state index in [1.54, 1.807) is 31.2 Å². The van der Waals surface area contributed by atoms with Crippen LogP contribution < -0.4 is 10.7 Å². The fraction of sp³-hybridized carbons (Fsp3) is 0.364. The third kappa shape index (κ3) is 4.29. The van der Waals surface area contributed by atoms with Crippen LogP contribution in [-0.4, -0.2) is 31.7 Å². The van der Waals surface area contributed by atoms with Gasteiger partial charge < -0.3 is 5.32 Å². The summed E-state index contributed by atoms with van der Waals surface area (Å²) in [6, 6.07) is 6.94. The van der Waals surface area contributed by atoms with Crippen LogP contribution in [0.25, 0.3) is 0 Å². The van der Waals surface area contributed by atoms with Crippen LogP contribution in [0.15, 0.2) is 24.3 Å². The molecule has 0 aliphatic rings. The Balaban J connectivity index is 2.51. The van der Waals surface area contributed by atoms with E-state index in [1.165, 1.54) is 0 Å². The van der Waals surface area contributed by atoms with Crippen molar-refractivity contribution in [2.75, 3.05) is 26.0 Å². The fourth-order valence-corrected chi connectivity index (χ4v) is 1.23. The first kappa shape index (κ1) is 12.5. The van der Waals surface area contributed by atoms with Crippen molar-refractivity contribution in [1.82, 2.24) is 10.4 Å². The lowest BCUT2D eigenvalue weighted by molar-refractivity contribution is 0.197. The summed E-state index contributed by atoms with van der Waals surface area (Å²) in [5, 5.41) is 14.6. The van der Waals surface area contributed by atoms with Gasteiger partial charge in [0.2, 0.25) is 0 Å². The number of hydrazine groups is 1. The number of hydrogen-bond donors (Lipinski definition) is 2. The average molecular weight is 222 g/mol. The highest BCUT2D eigenvalue weighted by atomic mass is 16.3. The number of anilines is 1. The fourth-order valence-electron chi connectivity index (χ4n) is 1.23. The van der Waals surface area contributed by atoms with Gasteiger partial charge in [-0.25, -0.2) is 14.9 Å². The molecular weight excluding hydrogens is 206 g/mol. The molecule has 1 aromatic carbocycles. The first-order valence-corrected chi connectivity index (χ1v) is 5.04. The molecule has 0 fully saturated rings. The second-order valence-corrected chi connectivity index (χ2v) is 3.61. The summed E-state index contributed by atoms with van der Waals surface area (Å²) >= 11 is 0. The topological polar surface area (TPSA) is 64.3 Å². The number of rotatable bonds is 4. The number of hydrogen-bond acceptors (Lipinski definition) is 2. The van der Waals surface area contributed by atoms with Gasteiger partial charge in [-0.15, -0.1) is 0 Å². The van der Waals surface area contributed by atoms with Crippen molar-refractivity contribution in [3.63, 3.8) is 0 Å². The van der Waals surface area contributed by atoms with Gasteiger partial charge in [0.15, 0.2) is 0 Å². The molecule has 87 valence electrons. The molecule has 2 N–H and O–H groups in total. The van der Waals surface area contributed by atoms with Crippen molar-refractivity contribution in [2.24, 2.45) is 0 Å². The molecule has 0 aromatic heterocycles. The summed E-state index contributed by atoms with van der Waals surface area (Å²) in [4.78, 5) is 11.3.